The number of aliphatic hydroxyl groups excluding tert-OH is 1. The molecule has 1 atom stereocenters. The summed E-state index contributed by atoms with van der Waals surface area (Å²) in [6.45, 7) is 21.9. The van der Waals surface area contributed by atoms with Crippen LogP contribution in [0.1, 0.15) is 125 Å². The minimum atomic E-state index is -4.33. The summed E-state index contributed by atoms with van der Waals surface area (Å²) in [5, 5.41) is 13.0. The van der Waals surface area contributed by atoms with Gasteiger partial charge in [0.2, 0.25) is 0 Å². The first-order valence-corrected chi connectivity index (χ1v) is 20.8. The molecule has 8 heteroatoms. The van der Waals surface area contributed by atoms with Gasteiger partial charge < -0.3 is 15.1 Å². The van der Waals surface area contributed by atoms with Crippen LogP contribution < -0.4 is 0 Å². The molecule has 0 spiro atoms. The van der Waals surface area contributed by atoms with E-state index in [1.165, 1.54) is 11.1 Å². The number of ketones is 1. The van der Waals surface area contributed by atoms with Crippen molar-refractivity contribution >= 4 is 27.3 Å². The first-order valence-electron chi connectivity index (χ1n) is 22.8. The Kier molecular flexibility index (Phi) is 16.7. The Hall–Kier alpha value is -4.65. The Bertz CT molecular complexity index is 2450. The van der Waals surface area contributed by atoms with E-state index >= 15 is 0 Å². The van der Waals surface area contributed by atoms with Crippen molar-refractivity contribution in [3.63, 3.8) is 0 Å². The number of aromatic nitrogens is 2. The van der Waals surface area contributed by atoms with E-state index in [-0.39, 0.29) is 62.7 Å². The maximum absolute atomic E-state index is 12.3. The van der Waals surface area contributed by atoms with Crippen molar-refractivity contribution < 1.29 is 48.7 Å². The fourth-order valence-corrected chi connectivity index (χ4v) is 7.14. The summed E-state index contributed by atoms with van der Waals surface area (Å²) < 4.78 is 69.3. The number of benzene rings is 4. The van der Waals surface area contributed by atoms with Gasteiger partial charge in [0.05, 0.1) is 17.7 Å². The minimum absolute atomic E-state index is 0. The summed E-state index contributed by atoms with van der Waals surface area (Å²) in [6, 6.07) is 27.5. The standard InChI is InChI=1S/2C20H20N.C13H21F3O2.Ir/c2*1-13(2)16-5-6-19-17(12-16)7-8-21-20(19)18-10-14(3)9-15(4)11-18;1-4-9(5-2)11(17)7-12(18)10(6-3)8-13(14,15)16;/h2*5-10,12-13H,1-4H3;7,9-10,18H,4-6,8H2,1-3H3;/q2*-1;;/b;;12-7-;/i2*7D,8D;;. The number of hydrogen-bond donors (Lipinski definition) is 1. The van der Waals surface area contributed by atoms with Crippen molar-refractivity contribution in [1.82, 2.24) is 9.97 Å². The molecule has 1 N–H and O–H groups in total. The number of aliphatic hydroxyl groups is 1. The number of allylic oxidation sites excluding steroid dienone is 2. The molecule has 327 valence electrons. The Morgan fingerprint density at radius 3 is 1.46 bits per heavy atom. The van der Waals surface area contributed by atoms with Crippen LogP contribution in [0.3, 0.4) is 0 Å². The van der Waals surface area contributed by atoms with E-state index in [0.29, 0.717) is 24.7 Å². The van der Waals surface area contributed by atoms with Crippen LogP contribution in [0.25, 0.3) is 44.1 Å². The second-order valence-corrected chi connectivity index (χ2v) is 16.2. The number of halogens is 3. The molecule has 2 heterocycles. The Morgan fingerprint density at radius 2 is 1.11 bits per heavy atom. The van der Waals surface area contributed by atoms with Gasteiger partial charge in [-0.15, -0.1) is 69.8 Å². The van der Waals surface area contributed by atoms with Gasteiger partial charge in [-0.1, -0.05) is 113 Å². The normalized spacial score (nSPS) is 13.1. The van der Waals surface area contributed by atoms with Gasteiger partial charge in [-0.25, -0.2) is 0 Å². The number of carbonyl (C=O) groups is 1. The molecule has 1 radical (unpaired) electrons. The molecule has 61 heavy (non-hydrogen) atoms. The summed E-state index contributed by atoms with van der Waals surface area (Å²) in [6.07, 6.45) is -3.04. The van der Waals surface area contributed by atoms with Gasteiger partial charge in [0.25, 0.3) is 0 Å². The van der Waals surface area contributed by atoms with Crippen molar-refractivity contribution in [1.29, 1.82) is 0 Å². The van der Waals surface area contributed by atoms with Crippen molar-refractivity contribution in [2.24, 2.45) is 11.8 Å². The molecular formula is C53H61F3IrN2O2-2. The van der Waals surface area contributed by atoms with Gasteiger partial charge in [-0.3, -0.25) is 4.79 Å². The topological polar surface area (TPSA) is 63.1 Å². The fraction of sp³-hybridized carbons (Fsp3) is 0.377. The average Bonchev–Trinajstić information content (AvgIpc) is 3.22. The number of carbonyl (C=O) groups excluding carboxylic acids is 1. The van der Waals surface area contributed by atoms with Gasteiger partial charge in [0.1, 0.15) is 0 Å². The maximum atomic E-state index is 12.3. The van der Waals surface area contributed by atoms with Crippen LogP contribution in [-0.4, -0.2) is 27.0 Å². The largest absolute Gasteiger partial charge is 0.512 e. The van der Waals surface area contributed by atoms with E-state index in [4.69, 9.17) is 5.48 Å². The van der Waals surface area contributed by atoms with Gasteiger partial charge in [-0.2, -0.15) is 13.2 Å². The fourth-order valence-electron chi connectivity index (χ4n) is 7.14. The number of pyridine rings is 2. The monoisotopic (exact) mass is 1010 g/mol. The molecule has 0 aliphatic heterocycles. The number of aryl methyl sites for hydroxylation is 4. The molecule has 0 aliphatic rings. The number of rotatable bonds is 11. The first-order chi connectivity index (χ1) is 30.0. The quantitative estimate of drug-likeness (QED) is 0.0798. The summed E-state index contributed by atoms with van der Waals surface area (Å²) in [7, 11) is 0. The summed E-state index contributed by atoms with van der Waals surface area (Å²) in [5.41, 5.74) is 9.99. The van der Waals surface area contributed by atoms with Crippen LogP contribution in [0.4, 0.5) is 13.2 Å². The Morgan fingerprint density at radius 1 is 0.705 bits per heavy atom. The Balaban J connectivity index is 0.000000260. The maximum Gasteiger partial charge on any atom is 0.389 e. The van der Waals surface area contributed by atoms with E-state index in [1.54, 1.807) is 6.92 Å². The van der Waals surface area contributed by atoms with Crippen molar-refractivity contribution in [3.8, 4) is 22.5 Å². The third kappa shape index (κ3) is 14.5. The molecule has 4 nitrogen and oxygen atoms in total. The van der Waals surface area contributed by atoms with Crippen LogP contribution in [0.2, 0.25) is 0 Å². The number of hydrogen-bond acceptors (Lipinski definition) is 4. The third-order valence-corrected chi connectivity index (χ3v) is 10.5. The number of fused-ring (bicyclic) bond motifs is 2. The van der Waals surface area contributed by atoms with E-state index < -0.39 is 24.3 Å². The number of alkyl halides is 3. The third-order valence-electron chi connectivity index (χ3n) is 10.5. The first kappa shape index (κ1) is 44.4. The molecule has 2 aromatic heterocycles. The SMILES string of the molecule is CCC(CC)C(=O)/C=C(\O)C(CC)CC(F)(F)F.[2H]c1nc(-c2[c-]c(C)cc(C)c2)c2ccc(C(C)C)cc2c1[2H].[2H]c1nc(-c2[c-]c(C)cc(C)c2)c2ccc(C(C)C)cc2c1[2H].[Ir]. The Labute approximate surface area is 381 Å². The zero-order valence-corrected chi connectivity index (χ0v) is 39.6. The summed E-state index contributed by atoms with van der Waals surface area (Å²) in [5.74, 6) is -1.22. The van der Waals surface area contributed by atoms with Crippen LogP contribution in [0.15, 0.2) is 96.9 Å². The van der Waals surface area contributed by atoms with Crippen molar-refractivity contribution in [2.75, 3.05) is 0 Å². The van der Waals surface area contributed by atoms with Crippen molar-refractivity contribution in [2.45, 2.75) is 120 Å². The van der Waals surface area contributed by atoms with Crippen LogP contribution in [-0.2, 0) is 24.9 Å². The van der Waals surface area contributed by atoms with E-state index in [2.05, 4.69) is 74.1 Å². The van der Waals surface area contributed by atoms with E-state index in [1.807, 2.05) is 77.9 Å². The van der Waals surface area contributed by atoms with E-state index in [0.717, 1.165) is 72.4 Å². The molecule has 0 aliphatic carbocycles. The van der Waals surface area contributed by atoms with Gasteiger partial charge in [0, 0.05) is 50.4 Å². The summed E-state index contributed by atoms with van der Waals surface area (Å²) >= 11 is 0. The molecular weight excluding hydrogens is 946 g/mol. The molecule has 6 aromatic rings. The van der Waals surface area contributed by atoms with Gasteiger partial charge >= 0.3 is 6.18 Å². The molecule has 0 saturated heterocycles. The predicted molar refractivity (Wildman–Crippen MR) is 243 cm³/mol. The molecule has 0 saturated carbocycles. The van der Waals surface area contributed by atoms with Gasteiger partial charge in [0.15, 0.2) is 5.78 Å². The molecule has 0 fully saturated rings. The predicted octanol–water partition coefficient (Wildman–Crippen LogP) is 15.3. The second kappa shape index (κ2) is 23.0. The number of nitrogens with zero attached hydrogens (tertiary/aromatic N) is 2. The van der Waals surface area contributed by atoms with E-state index in [9.17, 15) is 23.1 Å². The molecule has 0 amide bonds. The summed E-state index contributed by atoms with van der Waals surface area (Å²) in [4.78, 5) is 20.4. The smallest absolute Gasteiger partial charge is 0.389 e. The van der Waals surface area contributed by atoms with Crippen LogP contribution in [0, 0.1) is 51.7 Å². The zero-order chi connectivity index (χ0) is 47.8. The molecule has 4 aromatic carbocycles. The molecule has 0 bridgehead atoms. The van der Waals surface area contributed by atoms with Crippen LogP contribution >= 0.6 is 0 Å². The zero-order valence-electron chi connectivity index (χ0n) is 41.2. The average molecular weight is 1010 g/mol. The van der Waals surface area contributed by atoms with Gasteiger partial charge in [-0.05, 0) is 87.2 Å². The van der Waals surface area contributed by atoms with Crippen LogP contribution in [0.5, 0.6) is 0 Å². The van der Waals surface area contributed by atoms with Crippen molar-refractivity contribution in [3.05, 3.63) is 142 Å². The minimum Gasteiger partial charge on any atom is -0.512 e. The second-order valence-electron chi connectivity index (χ2n) is 16.2. The molecule has 6 rings (SSSR count). The molecule has 1 unspecified atom stereocenters.